The van der Waals surface area contributed by atoms with Gasteiger partial charge in [0.25, 0.3) is 0 Å². The molecule has 0 aromatic carbocycles. The van der Waals surface area contributed by atoms with Crippen molar-refractivity contribution < 1.29 is 14.6 Å². The van der Waals surface area contributed by atoms with Crippen molar-refractivity contribution in [1.82, 2.24) is 4.98 Å². The smallest absolute Gasteiger partial charge is 0.312 e. The van der Waals surface area contributed by atoms with E-state index in [9.17, 15) is 9.90 Å². The standard InChI is InChI=1S/C14H20N2O3S/c1-19-8-9-5-6-16(7-9)14-15-12-10(13(17)18)3-2-4-11(12)20-14/h9-10H,2-8H2,1H3,(H,17,18). The fourth-order valence-electron chi connectivity index (χ4n) is 3.16. The van der Waals surface area contributed by atoms with E-state index in [1.54, 1.807) is 18.4 Å². The molecular formula is C14H20N2O3S. The van der Waals surface area contributed by atoms with Gasteiger partial charge >= 0.3 is 5.97 Å². The summed E-state index contributed by atoms with van der Waals surface area (Å²) < 4.78 is 5.22. The van der Waals surface area contributed by atoms with Crippen LogP contribution < -0.4 is 4.90 Å². The normalized spacial score (nSPS) is 25.8. The lowest BCUT2D eigenvalue weighted by Gasteiger charge is -2.16. The highest BCUT2D eigenvalue weighted by Crippen LogP contribution is 2.39. The molecule has 0 amide bonds. The maximum absolute atomic E-state index is 11.3. The first-order chi connectivity index (χ1) is 9.69. The average Bonchev–Trinajstić information content (AvgIpc) is 3.03. The van der Waals surface area contributed by atoms with Gasteiger partial charge in [-0.15, -0.1) is 11.3 Å². The Hall–Kier alpha value is -1.14. The second-order valence-corrected chi connectivity index (χ2v) is 6.71. The van der Waals surface area contributed by atoms with E-state index in [1.807, 2.05) is 0 Å². The van der Waals surface area contributed by atoms with Gasteiger partial charge in [-0.3, -0.25) is 4.79 Å². The topological polar surface area (TPSA) is 62.7 Å². The Balaban J connectivity index is 1.78. The third-order valence-corrected chi connectivity index (χ3v) is 5.39. The Kier molecular flexibility index (Phi) is 3.94. The van der Waals surface area contributed by atoms with E-state index >= 15 is 0 Å². The molecule has 6 heteroatoms. The molecule has 1 aliphatic heterocycles. The Labute approximate surface area is 122 Å². The third kappa shape index (κ3) is 2.54. The summed E-state index contributed by atoms with van der Waals surface area (Å²) >= 11 is 1.68. The molecule has 20 heavy (non-hydrogen) atoms. The van der Waals surface area contributed by atoms with Crippen molar-refractivity contribution in [3.8, 4) is 0 Å². The molecular weight excluding hydrogens is 276 g/mol. The van der Waals surface area contributed by atoms with Gasteiger partial charge in [0, 0.05) is 31.0 Å². The van der Waals surface area contributed by atoms with E-state index in [-0.39, 0.29) is 0 Å². The van der Waals surface area contributed by atoms with Crippen LogP contribution in [-0.2, 0) is 16.0 Å². The minimum absolute atomic E-state index is 0.402. The third-order valence-electron chi connectivity index (χ3n) is 4.20. The van der Waals surface area contributed by atoms with Crippen LogP contribution in [0.2, 0.25) is 0 Å². The van der Waals surface area contributed by atoms with E-state index in [1.165, 1.54) is 4.88 Å². The van der Waals surface area contributed by atoms with Crippen molar-refractivity contribution >= 4 is 22.4 Å². The summed E-state index contributed by atoms with van der Waals surface area (Å²) in [7, 11) is 1.74. The Bertz CT molecular complexity index is 503. The summed E-state index contributed by atoms with van der Waals surface area (Å²) in [6.07, 6.45) is 3.78. The molecule has 1 saturated heterocycles. The molecule has 0 saturated carbocycles. The summed E-state index contributed by atoms with van der Waals surface area (Å²) in [5, 5.41) is 10.3. The molecule has 0 bridgehead atoms. The number of thiazole rings is 1. The minimum atomic E-state index is -0.735. The SMILES string of the molecule is COCC1CCN(c2nc3c(s2)CCCC3C(=O)O)C1. The number of methoxy groups -OCH3 is 1. The molecule has 0 radical (unpaired) electrons. The number of nitrogens with zero attached hydrogens (tertiary/aromatic N) is 2. The van der Waals surface area contributed by atoms with Gasteiger partial charge in [-0.05, 0) is 25.7 Å². The molecule has 2 heterocycles. The van der Waals surface area contributed by atoms with Crippen LogP contribution >= 0.6 is 11.3 Å². The van der Waals surface area contributed by atoms with Gasteiger partial charge in [-0.25, -0.2) is 4.98 Å². The number of carbonyl (C=O) groups is 1. The highest BCUT2D eigenvalue weighted by atomic mass is 32.1. The Morgan fingerprint density at radius 2 is 2.40 bits per heavy atom. The van der Waals surface area contributed by atoms with E-state index in [0.717, 1.165) is 56.2 Å². The highest BCUT2D eigenvalue weighted by molar-refractivity contribution is 7.15. The molecule has 2 aliphatic rings. The van der Waals surface area contributed by atoms with Crippen LogP contribution in [-0.4, -0.2) is 42.9 Å². The number of anilines is 1. The molecule has 110 valence electrons. The molecule has 1 aromatic rings. The van der Waals surface area contributed by atoms with Gasteiger partial charge in [-0.1, -0.05) is 0 Å². The average molecular weight is 296 g/mol. The van der Waals surface area contributed by atoms with Gasteiger partial charge < -0.3 is 14.7 Å². The molecule has 1 N–H and O–H groups in total. The predicted molar refractivity (Wildman–Crippen MR) is 77.6 cm³/mol. The number of fused-ring (bicyclic) bond motifs is 1. The number of rotatable bonds is 4. The van der Waals surface area contributed by atoms with Crippen LogP contribution in [0.5, 0.6) is 0 Å². The molecule has 1 aromatic heterocycles. The van der Waals surface area contributed by atoms with Crippen LogP contribution in [0.25, 0.3) is 0 Å². The Morgan fingerprint density at radius 3 is 3.15 bits per heavy atom. The summed E-state index contributed by atoms with van der Waals surface area (Å²) in [4.78, 5) is 19.4. The summed E-state index contributed by atoms with van der Waals surface area (Å²) in [6, 6.07) is 0. The van der Waals surface area contributed by atoms with E-state index in [4.69, 9.17) is 4.74 Å². The number of carboxylic acids is 1. The first-order valence-electron chi connectivity index (χ1n) is 7.15. The molecule has 3 rings (SSSR count). The largest absolute Gasteiger partial charge is 0.481 e. The van der Waals surface area contributed by atoms with Crippen molar-refractivity contribution in [1.29, 1.82) is 0 Å². The number of carboxylic acid groups (broad SMARTS) is 1. The molecule has 1 fully saturated rings. The van der Waals surface area contributed by atoms with Crippen LogP contribution in [0.1, 0.15) is 35.8 Å². The van der Waals surface area contributed by atoms with Gasteiger partial charge in [0.05, 0.1) is 12.3 Å². The molecule has 2 atom stereocenters. The van der Waals surface area contributed by atoms with Crippen molar-refractivity contribution in [2.24, 2.45) is 5.92 Å². The van der Waals surface area contributed by atoms with Crippen molar-refractivity contribution in [3.63, 3.8) is 0 Å². The van der Waals surface area contributed by atoms with E-state index in [0.29, 0.717) is 5.92 Å². The second kappa shape index (κ2) is 5.69. The highest BCUT2D eigenvalue weighted by Gasteiger charge is 2.32. The van der Waals surface area contributed by atoms with Gasteiger partial charge in [0.2, 0.25) is 0 Å². The number of ether oxygens (including phenoxy) is 1. The maximum Gasteiger partial charge on any atom is 0.312 e. The molecule has 0 spiro atoms. The van der Waals surface area contributed by atoms with Crippen LogP contribution in [0, 0.1) is 5.92 Å². The maximum atomic E-state index is 11.3. The summed E-state index contributed by atoms with van der Waals surface area (Å²) in [5.74, 6) is -0.571. The van der Waals surface area contributed by atoms with E-state index in [2.05, 4.69) is 9.88 Å². The fraction of sp³-hybridized carbons (Fsp3) is 0.714. The minimum Gasteiger partial charge on any atom is -0.481 e. The van der Waals surface area contributed by atoms with E-state index < -0.39 is 11.9 Å². The molecule has 1 aliphatic carbocycles. The summed E-state index contributed by atoms with van der Waals surface area (Å²) in [6.45, 7) is 2.76. The Morgan fingerprint density at radius 1 is 1.55 bits per heavy atom. The predicted octanol–water partition coefficient (Wildman–Crippen LogP) is 2.12. The molecule has 5 nitrogen and oxygen atoms in total. The van der Waals surface area contributed by atoms with Crippen LogP contribution in [0.15, 0.2) is 0 Å². The first-order valence-corrected chi connectivity index (χ1v) is 7.97. The van der Waals surface area contributed by atoms with Crippen molar-refractivity contribution in [2.75, 3.05) is 31.7 Å². The summed E-state index contributed by atoms with van der Waals surface area (Å²) in [5.41, 5.74) is 0.818. The van der Waals surface area contributed by atoms with Crippen molar-refractivity contribution in [3.05, 3.63) is 10.6 Å². The lowest BCUT2D eigenvalue weighted by Crippen LogP contribution is -2.21. The zero-order chi connectivity index (χ0) is 14.1. The zero-order valence-electron chi connectivity index (χ0n) is 11.7. The number of aryl methyl sites for hydroxylation is 1. The quantitative estimate of drug-likeness (QED) is 0.922. The number of hydrogen-bond donors (Lipinski definition) is 1. The first kappa shape index (κ1) is 13.8. The van der Waals surface area contributed by atoms with Gasteiger partial charge in [0.1, 0.15) is 5.92 Å². The fourth-order valence-corrected chi connectivity index (χ4v) is 4.36. The molecule has 2 unspecified atom stereocenters. The second-order valence-electron chi connectivity index (χ2n) is 5.64. The lowest BCUT2D eigenvalue weighted by atomic mass is 9.91. The number of aliphatic carboxylic acids is 1. The van der Waals surface area contributed by atoms with Crippen LogP contribution in [0.4, 0.5) is 5.13 Å². The number of aromatic nitrogens is 1. The number of hydrogen-bond acceptors (Lipinski definition) is 5. The zero-order valence-corrected chi connectivity index (χ0v) is 12.5. The monoisotopic (exact) mass is 296 g/mol. The van der Waals surface area contributed by atoms with Crippen LogP contribution in [0.3, 0.4) is 0 Å². The lowest BCUT2D eigenvalue weighted by molar-refractivity contribution is -0.139. The van der Waals surface area contributed by atoms with Gasteiger partial charge in [0.15, 0.2) is 5.13 Å². The van der Waals surface area contributed by atoms with Gasteiger partial charge in [-0.2, -0.15) is 0 Å². The van der Waals surface area contributed by atoms with Crippen molar-refractivity contribution in [2.45, 2.75) is 31.6 Å².